The zero-order valence-electron chi connectivity index (χ0n) is 14.8. The molecule has 4 nitrogen and oxygen atoms in total. The molecule has 136 valence electrons. The molecule has 0 radical (unpaired) electrons. The van der Waals surface area contributed by atoms with Gasteiger partial charge in [-0.1, -0.05) is 24.3 Å². The van der Waals surface area contributed by atoms with Gasteiger partial charge in [0.2, 0.25) is 0 Å². The molecule has 0 unspecified atom stereocenters. The van der Waals surface area contributed by atoms with Gasteiger partial charge in [-0.05, 0) is 42.1 Å². The molecular formula is C21H18FN3OS. The van der Waals surface area contributed by atoms with E-state index in [2.05, 4.69) is 34.3 Å². The molecule has 27 heavy (non-hydrogen) atoms. The van der Waals surface area contributed by atoms with Crippen molar-refractivity contribution in [1.29, 1.82) is 0 Å². The van der Waals surface area contributed by atoms with E-state index in [1.807, 2.05) is 18.3 Å². The summed E-state index contributed by atoms with van der Waals surface area (Å²) in [6.07, 6.45) is 1.87. The highest BCUT2D eigenvalue weighted by Gasteiger charge is 2.08. The van der Waals surface area contributed by atoms with E-state index in [1.54, 1.807) is 23.5 Å². The first-order chi connectivity index (χ1) is 13.1. The van der Waals surface area contributed by atoms with Crippen LogP contribution in [0.4, 0.5) is 4.39 Å². The topological polar surface area (TPSA) is 57.8 Å². The second-order valence-electron chi connectivity index (χ2n) is 6.41. The molecule has 0 spiro atoms. The first-order valence-electron chi connectivity index (χ1n) is 8.63. The van der Waals surface area contributed by atoms with Crippen molar-refractivity contribution < 1.29 is 4.39 Å². The Balaban J connectivity index is 1.45. The average molecular weight is 379 g/mol. The number of hydrogen-bond acceptors (Lipinski definition) is 4. The minimum Gasteiger partial charge on any atom is -0.322 e. The number of aromatic amines is 1. The van der Waals surface area contributed by atoms with Crippen molar-refractivity contribution in [1.82, 2.24) is 15.3 Å². The number of benzene rings is 2. The van der Waals surface area contributed by atoms with Gasteiger partial charge in [0.25, 0.3) is 5.56 Å². The van der Waals surface area contributed by atoms with Crippen LogP contribution < -0.4 is 10.9 Å². The Kier molecular flexibility index (Phi) is 4.83. The fourth-order valence-electron chi connectivity index (χ4n) is 3.00. The van der Waals surface area contributed by atoms with Crippen molar-refractivity contribution in [2.45, 2.75) is 20.0 Å². The number of hydrogen-bond donors (Lipinski definition) is 2. The van der Waals surface area contributed by atoms with E-state index in [1.165, 1.54) is 17.7 Å². The van der Waals surface area contributed by atoms with E-state index in [-0.39, 0.29) is 11.4 Å². The van der Waals surface area contributed by atoms with Gasteiger partial charge in [-0.25, -0.2) is 9.37 Å². The Bertz CT molecular complexity index is 1170. The number of aromatic nitrogens is 2. The second kappa shape index (κ2) is 7.42. The van der Waals surface area contributed by atoms with Crippen molar-refractivity contribution in [3.8, 4) is 10.6 Å². The maximum absolute atomic E-state index is 13.3. The number of thiazole rings is 1. The Morgan fingerprint density at radius 2 is 2.00 bits per heavy atom. The SMILES string of the molecule is Cc1ccccc1-c1ncc(CNCc2cc3ccc(F)cc3[nH]c2=O)s1. The molecule has 0 atom stereocenters. The summed E-state index contributed by atoms with van der Waals surface area (Å²) in [4.78, 5) is 20.5. The predicted octanol–water partition coefficient (Wildman–Crippen LogP) is 4.39. The summed E-state index contributed by atoms with van der Waals surface area (Å²) in [7, 11) is 0. The standard InChI is InChI=1S/C21H18FN3OS/c1-13-4-2-3-5-18(13)21-24-12-17(27-21)11-23-10-15-8-14-6-7-16(22)9-19(14)25-20(15)26/h2-9,12,23H,10-11H2,1H3,(H,25,26). The molecule has 0 aliphatic rings. The van der Waals surface area contributed by atoms with Gasteiger partial charge in [0.05, 0.1) is 5.52 Å². The third-order valence-corrected chi connectivity index (χ3v) is 5.46. The van der Waals surface area contributed by atoms with Crippen LogP contribution in [0, 0.1) is 12.7 Å². The quantitative estimate of drug-likeness (QED) is 0.541. The number of nitrogens with zero attached hydrogens (tertiary/aromatic N) is 1. The molecular weight excluding hydrogens is 361 g/mol. The minimum atomic E-state index is -0.362. The Morgan fingerprint density at radius 1 is 1.15 bits per heavy atom. The smallest absolute Gasteiger partial charge is 0.252 e. The lowest BCUT2D eigenvalue weighted by Gasteiger charge is -2.05. The summed E-state index contributed by atoms with van der Waals surface area (Å²) in [6.45, 7) is 3.14. The van der Waals surface area contributed by atoms with Gasteiger partial charge in [-0.15, -0.1) is 11.3 Å². The average Bonchev–Trinajstić information content (AvgIpc) is 3.11. The molecule has 0 aliphatic heterocycles. The lowest BCUT2D eigenvalue weighted by molar-refractivity contribution is 0.629. The van der Waals surface area contributed by atoms with E-state index in [9.17, 15) is 9.18 Å². The highest BCUT2D eigenvalue weighted by molar-refractivity contribution is 7.15. The van der Waals surface area contributed by atoms with Gasteiger partial charge in [0.15, 0.2) is 0 Å². The van der Waals surface area contributed by atoms with Crippen molar-refractivity contribution in [3.63, 3.8) is 0 Å². The maximum Gasteiger partial charge on any atom is 0.252 e. The van der Waals surface area contributed by atoms with Gasteiger partial charge in [0, 0.05) is 35.3 Å². The molecule has 2 N–H and O–H groups in total. The first kappa shape index (κ1) is 17.6. The van der Waals surface area contributed by atoms with Crippen LogP contribution in [-0.4, -0.2) is 9.97 Å². The molecule has 4 rings (SSSR count). The van der Waals surface area contributed by atoms with Crippen LogP contribution in [-0.2, 0) is 13.1 Å². The van der Waals surface area contributed by atoms with E-state index in [0.29, 0.717) is 24.2 Å². The first-order valence-corrected chi connectivity index (χ1v) is 9.45. The van der Waals surface area contributed by atoms with Crippen LogP contribution in [0.25, 0.3) is 21.5 Å². The lowest BCUT2D eigenvalue weighted by Crippen LogP contribution is -2.20. The molecule has 0 saturated heterocycles. The van der Waals surface area contributed by atoms with Crippen molar-refractivity contribution >= 4 is 22.2 Å². The number of fused-ring (bicyclic) bond motifs is 1. The predicted molar refractivity (Wildman–Crippen MR) is 107 cm³/mol. The highest BCUT2D eigenvalue weighted by atomic mass is 32.1. The van der Waals surface area contributed by atoms with Crippen LogP contribution in [0.1, 0.15) is 16.0 Å². The van der Waals surface area contributed by atoms with Crippen molar-refractivity contribution in [2.75, 3.05) is 0 Å². The number of rotatable bonds is 5. The Morgan fingerprint density at radius 3 is 2.85 bits per heavy atom. The fourth-order valence-corrected chi connectivity index (χ4v) is 3.97. The molecule has 4 aromatic rings. The summed E-state index contributed by atoms with van der Waals surface area (Å²) in [5.74, 6) is -0.362. The van der Waals surface area contributed by atoms with Crippen LogP contribution in [0.3, 0.4) is 0 Å². The van der Waals surface area contributed by atoms with Gasteiger partial charge in [-0.3, -0.25) is 4.79 Å². The summed E-state index contributed by atoms with van der Waals surface area (Å²) < 4.78 is 13.3. The molecule has 0 fully saturated rings. The van der Waals surface area contributed by atoms with Gasteiger partial charge < -0.3 is 10.3 Å². The van der Waals surface area contributed by atoms with Gasteiger partial charge in [-0.2, -0.15) is 0 Å². The van der Waals surface area contributed by atoms with E-state index < -0.39 is 0 Å². The van der Waals surface area contributed by atoms with E-state index in [4.69, 9.17) is 0 Å². The van der Waals surface area contributed by atoms with Crippen LogP contribution in [0.2, 0.25) is 0 Å². The summed E-state index contributed by atoms with van der Waals surface area (Å²) >= 11 is 1.64. The monoisotopic (exact) mass is 379 g/mol. The maximum atomic E-state index is 13.3. The Labute approximate surface area is 159 Å². The van der Waals surface area contributed by atoms with Crippen molar-refractivity contribution in [2.24, 2.45) is 0 Å². The van der Waals surface area contributed by atoms with Crippen LogP contribution in [0.5, 0.6) is 0 Å². The van der Waals surface area contributed by atoms with Crippen LogP contribution >= 0.6 is 11.3 Å². The molecule has 0 bridgehead atoms. The fraction of sp³-hybridized carbons (Fsp3) is 0.143. The molecule has 0 amide bonds. The molecule has 6 heteroatoms. The molecule has 2 aromatic carbocycles. The second-order valence-corrected chi connectivity index (χ2v) is 7.52. The number of nitrogens with one attached hydrogen (secondary N) is 2. The molecule has 0 saturated carbocycles. The van der Waals surface area contributed by atoms with Crippen molar-refractivity contribution in [3.05, 3.63) is 86.9 Å². The largest absolute Gasteiger partial charge is 0.322 e. The third kappa shape index (κ3) is 3.82. The summed E-state index contributed by atoms with van der Waals surface area (Å²) in [6, 6.07) is 14.4. The normalized spacial score (nSPS) is 11.2. The van der Waals surface area contributed by atoms with Crippen LogP contribution in [0.15, 0.2) is 59.5 Å². The van der Waals surface area contributed by atoms with E-state index in [0.717, 1.165) is 20.8 Å². The molecule has 2 heterocycles. The van der Waals surface area contributed by atoms with Gasteiger partial charge >= 0.3 is 0 Å². The molecule has 0 aliphatic carbocycles. The summed E-state index contributed by atoms with van der Waals surface area (Å²) in [5.41, 5.74) is 3.27. The zero-order valence-corrected chi connectivity index (χ0v) is 15.6. The minimum absolute atomic E-state index is 0.203. The lowest BCUT2D eigenvalue weighted by atomic mass is 10.1. The third-order valence-electron chi connectivity index (χ3n) is 4.43. The number of halogens is 1. The van der Waals surface area contributed by atoms with E-state index >= 15 is 0 Å². The number of pyridine rings is 1. The highest BCUT2D eigenvalue weighted by Crippen LogP contribution is 2.27. The number of H-pyrrole nitrogens is 1. The van der Waals surface area contributed by atoms with Gasteiger partial charge in [0.1, 0.15) is 10.8 Å². The number of aryl methyl sites for hydroxylation is 1. The zero-order chi connectivity index (χ0) is 18.8. The summed E-state index contributed by atoms with van der Waals surface area (Å²) in [5, 5.41) is 5.10. The molecule has 2 aromatic heterocycles. The Hall–Kier alpha value is -2.83.